The van der Waals surface area contributed by atoms with Gasteiger partial charge in [0.1, 0.15) is 11.9 Å². The van der Waals surface area contributed by atoms with Gasteiger partial charge in [-0.25, -0.2) is 9.50 Å². The van der Waals surface area contributed by atoms with Crippen LogP contribution in [0.4, 0.5) is 5.82 Å². The largest absolute Gasteiger partial charge is 0.356 e. The number of anilines is 1. The fourth-order valence-corrected chi connectivity index (χ4v) is 3.79. The van der Waals surface area contributed by atoms with E-state index in [9.17, 15) is 5.26 Å². The SMILES string of the molecule is CC1(N)CCN(c2ccc(-c3cc(Br)cn4ncc(C#N)c34)cn2)CC1. The monoisotopic (exact) mass is 410 g/mol. The second-order valence-electron chi connectivity index (χ2n) is 7.08. The van der Waals surface area contributed by atoms with Crippen LogP contribution in [0.2, 0.25) is 0 Å². The van der Waals surface area contributed by atoms with E-state index in [-0.39, 0.29) is 5.54 Å². The number of nitriles is 1. The molecule has 0 aromatic carbocycles. The Bertz CT molecular complexity index is 989. The molecule has 2 N–H and O–H groups in total. The molecule has 3 aromatic rings. The lowest BCUT2D eigenvalue weighted by molar-refractivity contribution is 0.363. The van der Waals surface area contributed by atoms with Crippen molar-refractivity contribution in [1.82, 2.24) is 14.6 Å². The molecule has 0 aliphatic carbocycles. The number of nitrogens with zero attached hydrogens (tertiary/aromatic N) is 5. The third-order valence-electron chi connectivity index (χ3n) is 4.99. The number of halogens is 1. The number of piperidine rings is 1. The van der Waals surface area contributed by atoms with E-state index < -0.39 is 0 Å². The number of nitrogens with two attached hydrogens (primary N) is 1. The van der Waals surface area contributed by atoms with E-state index in [1.165, 1.54) is 0 Å². The highest BCUT2D eigenvalue weighted by Gasteiger charge is 2.26. The van der Waals surface area contributed by atoms with E-state index in [0.29, 0.717) is 5.56 Å². The topological polar surface area (TPSA) is 83.2 Å². The lowest BCUT2D eigenvalue weighted by atomic mass is 9.91. The molecule has 4 heterocycles. The van der Waals surface area contributed by atoms with Gasteiger partial charge in [0.05, 0.1) is 17.3 Å². The average molecular weight is 411 g/mol. The van der Waals surface area contributed by atoms with Crippen LogP contribution in [0.1, 0.15) is 25.3 Å². The summed E-state index contributed by atoms with van der Waals surface area (Å²) in [6.45, 7) is 3.95. The Kier molecular flexibility index (Phi) is 4.17. The fourth-order valence-electron chi connectivity index (χ4n) is 3.37. The number of hydrogen-bond acceptors (Lipinski definition) is 5. The molecular weight excluding hydrogens is 392 g/mol. The van der Waals surface area contributed by atoms with Gasteiger partial charge in [-0.3, -0.25) is 0 Å². The van der Waals surface area contributed by atoms with Crippen LogP contribution in [-0.4, -0.2) is 33.2 Å². The summed E-state index contributed by atoms with van der Waals surface area (Å²) in [6.07, 6.45) is 7.22. The van der Waals surface area contributed by atoms with Crippen molar-refractivity contribution in [3.8, 4) is 17.2 Å². The second-order valence-corrected chi connectivity index (χ2v) is 8.00. The molecule has 1 fully saturated rings. The van der Waals surface area contributed by atoms with Crippen molar-refractivity contribution in [2.75, 3.05) is 18.0 Å². The van der Waals surface area contributed by atoms with Gasteiger partial charge in [0.25, 0.3) is 0 Å². The molecule has 4 rings (SSSR count). The first kappa shape index (κ1) is 17.0. The predicted octanol–water partition coefficient (Wildman–Crippen LogP) is 3.35. The molecule has 0 atom stereocenters. The molecule has 1 aliphatic rings. The Hall–Kier alpha value is -2.43. The third kappa shape index (κ3) is 3.06. The molecule has 1 saturated heterocycles. The lowest BCUT2D eigenvalue weighted by Gasteiger charge is -2.37. The van der Waals surface area contributed by atoms with Crippen LogP contribution in [0.25, 0.3) is 16.6 Å². The maximum atomic E-state index is 9.37. The maximum Gasteiger partial charge on any atom is 0.128 e. The minimum absolute atomic E-state index is 0.0753. The number of fused-ring (bicyclic) bond motifs is 1. The van der Waals surface area contributed by atoms with Gasteiger partial charge in [-0.2, -0.15) is 10.4 Å². The van der Waals surface area contributed by atoms with Gasteiger partial charge >= 0.3 is 0 Å². The second kappa shape index (κ2) is 6.38. The molecule has 0 radical (unpaired) electrons. The molecule has 1 aliphatic heterocycles. The first-order valence-corrected chi connectivity index (χ1v) is 9.33. The molecule has 7 heteroatoms. The smallest absolute Gasteiger partial charge is 0.128 e. The molecule has 0 saturated carbocycles. The number of aromatic nitrogens is 3. The quantitative estimate of drug-likeness (QED) is 0.699. The summed E-state index contributed by atoms with van der Waals surface area (Å²) in [4.78, 5) is 6.93. The van der Waals surface area contributed by atoms with Crippen molar-refractivity contribution in [2.24, 2.45) is 5.73 Å². The molecule has 0 amide bonds. The van der Waals surface area contributed by atoms with Gasteiger partial charge in [0.2, 0.25) is 0 Å². The molecule has 6 nitrogen and oxygen atoms in total. The first-order valence-electron chi connectivity index (χ1n) is 8.54. The molecule has 0 spiro atoms. The average Bonchev–Trinajstić information content (AvgIpc) is 3.04. The van der Waals surface area contributed by atoms with Crippen LogP contribution in [0.15, 0.2) is 41.3 Å². The Morgan fingerprint density at radius 2 is 2.04 bits per heavy atom. The van der Waals surface area contributed by atoms with Gasteiger partial charge in [0.15, 0.2) is 0 Å². The van der Waals surface area contributed by atoms with Gasteiger partial charge in [-0.1, -0.05) is 0 Å². The summed E-state index contributed by atoms with van der Waals surface area (Å²) < 4.78 is 2.62. The third-order valence-corrected chi connectivity index (χ3v) is 5.42. The Labute approximate surface area is 160 Å². The number of rotatable bonds is 2. The highest BCUT2D eigenvalue weighted by atomic mass is 79.9. The summed E-state index contributed by atoms with van der Waals surface area (Å²) in [5.41, 5.74) is 9.37. The maximum absolute atomic E-state index is 9.37. The standard InChI is InChI=1S/C19H19BrN6/c1-19(22)4-6-25(7-5-19)17-3-2-13(10-23-17)16-8-15(20)12-26-18(16)14(9-21)11-24-26/h2-3,8,10-12H,4-7,22H2,1H3. The van der Waals surface area contributed by atoms with E-state index >= 15 is 0 Å². The van der Waals surface area contributed by atoms with Crippen molar-refractivity contribution in [2.45, 2.75) is 25.3 Å². The molecule has 0 unspecified atom stereocenters. The highest BCUT2D eigenvalue weighted by molar-refractivity contribution is 9.10. The number of pyridine rings is 2. The van der Waals surface area contributed by atoms with E-state index in [2.05, 4.69) is 50.0 Å². The molecule has 0 bridgehead atoms. The van der Waals surface area contributed by atoms with Crippen molar-refractivity contribution in [3.63, 3.8) is 0 Å². The van der Waals surface area contributed by atoms with E-state index in [4.69, 9.17) is 5.73 Å². The van der Waals surface area contributed by atoms with Crippen molar-refractivity contribution < 1.29 is 0 Å². The van der Waals surface area contributed by atoms with Crippen LogP contribution < -0.4 is 10.6 Å². The summed E-state index contributed by atoms with van der Waals surface area (Å²) in [5.74, 6) is 0.962. The zero-order valence-electron chi connectivity index (χ0n) is 14.5. The Morgan fingerprint density at radius 1 is 1.27 bits per heavy atom. The summed E-state index contributed by atoms with van der Waals surface area (Å²) in [5, 5.41) is 13.6. The van der Waals surface area contributed by atoms with E-state index in [1.807, 2.05) is 24.5 Å². The van der Waals surface area contributed by atoms with Crippen molar-refractivity contribution in [3.05, 3.63) is 46.8 Å². The Balaban J connectivity index is 1.69. The molecule has 26 heavy (non-hydrogen) atoms. The summed E-state index contributed by atoms with van der Waals surface area (Å²) in [6, 6.07) is 8.29. The minimum Gasteiger partial charge on any atom is -0.356 e. The molecular formula is C19H19BrN6. The number of hydrogen-bond donors (Lipinski definition) is 1. The lowest BCUT2D eigenvalue weighted by Crippen LogP contribution is -2.48. The van der Waals surface area contributed by atoms with Gasteiger partial charge in [0, 0.05) is 46.6 Å². The highest BCUT2D eigenvalue weighted by Crippen LogP contribution is 2.31. The predicted molar refractivity (Wildman–Crippen MR) is 105 cm³/mol. The zero-order chi connectivity index (χ0) is 18.3. The fraction of sp³-hybridized carbons (Fsp3) is 0.316. The van der Waals surface area contributed by atoms with Crippen LogP contribution >= 0.6 is 15.9 Å². The van der Waals surface area contributed by atoms with Crippen LogP contribution in [0.3, 0.4) is 0 Å². The summed E-state index contributed by atoms with van der Waals surface area (Å²) in [7, 11) is 0. The minimum atomic E-state index is -0.0753. The van der Waals surface area contributed by atoms with E-state index in [1.54, 1.807) is 10.7 Å². The normalized spacial score (nSPS) is 16.6. The van der Waals surface area contributed by atoms with Crippen LogP contribution in [-0.2, 0) is 0 Å². The summed E-state index contributed by atoms with van der Waals surface area (Å²) >= 11 is 3.52. The first-order chi connectivity index (χ1) is 12.5. The van der Waals surface area contributed by atoms with Crippen molar-refractivity contribution in [1.29, 1.82) is 5.26 Å². The molecule has 3 aromatic heterocycles. The molecule has 132 valence electrons. The van der Waals surface area contributed by atoms with Crippen LogP contribution in [0, 0.1) is 11.3 Å². The van der Waals surface area contributed by atoms with Crippen LogP contribution in [0.5, 0.6) is 0 Å². The van der Waals surface area contributed by atoms with Gasteiger partial charge < -0.3 is 10.6 Å². The Morgan fingerprint density at radius 3 is 2.69 bits per heavy atom. The zero-order valence-corrected chi connectivity index (χ0v) is 16.1. The van der Waals surface area contributed by atoms with Gasteiger partial charge in [-0.05, 0) is 53.9 Å². The van der Waals surface area contributed by atoms with E-state index in [0.717, 1.165) is 52.9 Å². The van der Waals surface area contributed by atoms with Crippen molar-refractivity contribution >= 4 is 27.3 Å². The van der Waals surface area contributed by atoms with Gasteiger partial charge in [-0.15, -0.1) is 0 Å².